The lowest BCUT2D eigenvalue weighted by Crippen LogP contribution is -2.27. The molecule has 21 heavy (non-hydrogen) atoms. The summed E-state index contributed by atoms with van der Waals surface area (Å²) >= 11 is 1.17. The zero-order valence-corrected chi connectivity index (χ0v) is 12.5. The SMILES string of the molecule is CCc1ccc(/C=c2\sc3nc(=O)c(C)nn3c2=O)cc1. The van der Waals surface area contributed by atoms with Crippen molar-refractivity contribution in [2.75, 3.05) is 0 Å². The molecule has 106 valence electrons. The maximum absolute atomic E-state index is 12.3. The van der Waals surface area contributed by atoms with Crippen molar-refractivity contribution >= 4 is 22.4 Å². The minimum absolute atomic E-state index is 0.223. The van der Waals surface area contributed by atoms with Crippen molar-refractivity contribution in [3.05, 3.63) is 66.3 Å². The molecule has 0 saturated carbocycles. The van der Waals surface area contributed by atoms with Crippen molar-refractivity contribution < 1.29 is 0 Å². The van der Waals surface area contributed by atoms with Crippen molar-refractivity contribution in [1.82, 2.24) is 14.6 Å². The molecule has 1 aromatic carbocycles. The average molecular weight is 299 g/mol. The van der Waals surface area contributed by atoms with Crippen LogP contribution in [0.25, 0.3) is 11.0 Å². The van der Waals surface area contributed by atoms with E-state index in [0.29, 0.717) is 9.49 Å². The van der Waals surface area contributed by atoms with E-state index in [1.165, 1.54) is 21.4 Å². The molecule has 0 N–H and O–H groups in total. The van der Waals surface area contributed by atoms with E-state index in [4.69, 9.17) is 0 Å². The molecule has 0 amide bonds. The van der Waals surface area contributed by atoms with Crippen molar-refractivity contribution in [3.63, 3.8) is 0 Å². The largest absolute Gasteiger partial charge is 0.295 e. The molecule has 3 rings (SSSR count). The van der Waals surface area contributed by atoms with Crippen LogP contribution in [0.1, 0.15) is 23.7 Å². The molecule has 6 heteroatoms. The van der Waals surface area contributed by atoms with Crippen LogP contribution in [0, 0.1) is 6.92 Å². The van der Waals surface area contributed by atoms with E-state index < -0.39 is 5.56 Å². The monoisotopic (exact) mass is 299 g/mol. The fourth-order valence-electron chi connectivity index (χ4n) is 1.99. The normalized spacial score (nSPS) is 12.2. The third-order valence-corrected chi connectivity index (χ3v) is 4.19. The minimum Gasteiger partial charge on any atom is -0.266 e. The van der Waals surface area contributed by atoms with Gasteiger partial charge in [-0.1, -0.05) is 42.5 Å². The van der Waals surface area contributed by atoms with Gasteiger partial charge in [-0.3, -0.25) is 9.59 Å². The van der Waals surface area contributed by atoms with Crippen LogP contribution < -0.4 is 15.7 Å². The van der Waals surface area contributed by atoms with Gasteiger partial charge in [-0.15, -0.1) is 0 Å². The quantitative estimate of drug-likeness (QED) is 0.706. The van der Waals surface area contributed by atoms with Crippen LogP contribution in [0.2, 0.25) is 0 Å². The van der Waals surface area contributed by atoms with Crippen molar-refractivity contribution in [2.45, 2.75) is 20.3 Å². The van der Waals surface area contributed by atoms with Gasteiger partial charge < -0.3 is 0 Å². The molecule has 0 aliphatic heterocycles. The molecule has 0 saturated heterocycles. The minimum atomic E-state index is -0.393. The maximum Gasteiger partial charge on any atom is 0.295 e. The van der Waals surface area contributed by atoms with Crippen LogP contribution in [-0.2, 0) is 6.42 Å². The molecule has 2 aromatic heterocycles. The fraction of sp³-hybridized carbons (Fsp3) is 0.200. The lowest BCUT2D eigenvalue weighted by Gasteiger charge is -1.96. The third-order valence-electron chi connectivity index (χ3n) is 3.23. The van der Waals surface area contributed by atoms with Gasteiger partial charge in [-0.05, 0) is 30.5 Å². The van der Waals surface area contributed by atoms with E-state index in [1.54, 1.807) is 13.0 Å². The summed E-state index contributed by atoms with van der Waals surface area (Å²) in [5, 5.41) is 3.98. The topological polar surface area (TPSA) is 64.3 Å². The standard InChI is InChI=1S/C15H13N3O2S/c1-3-10-4-6-11(7-5-10)8-12-14(20)18-15(21-12)16-13(19)9(2)17-18/h4-8H,3H2,1-2H3/b12-8-. The van der Waals surface area contributed by atoms with Crippen LogP contribution >= 0.6 is 11.3 Å². The van der Waals surface area contributed by atoms with E-state index in [9.17, 15) is 9.59 Å². The lowest BCUT2D eigenvalue weighted by molar-refractivity contribution is 0.833. The van der Waals surface area contributed by atoms with E-state index in [0.717, 1.165) is 12.0 Å². The van der Waals surface area contributed by atoms with E-state index >= 15 is 0 Å². The number of aromatic nitrogens is 3. The highest BCUT2D eigenvalue weighted by Crippen LogP contribution is 2.06. The van der Waals surface area contributed by atoms with Crippen molar-refractivity contribution in [3.8, 4) is 0 Å². The molecule has 0 unspecified atom stereocenters. The molecule has 0 aliphatic carbocycles. The van der Waals surface area contributed by atoms with Gasteiger partial charge >= 0.3 is 0 Å². The first-order valence-corrected chi connectivity index (χ1v) is 7.41. The molecule has 0 aliphatic rings. The van der Waals surface area contributed by atoms with Gasteiger partial charge in [0.2, 0.25) is 4.96 Å². The summed E-state index contributed by atoms with van der Waals surface area (Å²) in [4.78, 5) is 27.9. The highest BCUT2D eigenvalue weighted by Gasteiger charge is 2.08. The van der Waals surface area contributed by atoms with Crippen LogP contribution in [0.15, 0.2) is 33.9 Å². The Kier molecular flexibility index (Phi) is 3.39. The first-order valence-electron chi connectivity index (χ1n) is 6.59. The zero-order chi connectivity index (χ0) is 15.0. The summed E-state index contributed by atoms with van der Waals surface area (Å²) in [5.74, 6) is 0. The number of fused-ring (bicyclic) bond motifs is 1. The number of hydrogen-bond donors (Lipinski definition) is 0. The first kappa shape index (κ1) is 13.6. The Hall–Kier alpha value is -2.34. The maximum atomic E-state index is 12.3. The fourth-order valence-corrected chi connectivity index (χ4v) is 2.89. The highest BCUT2D eigenvalue weighted by atomic mass is 32.1. The number of aryl methyl sites for hydroxylation is 2. The molecule has 3 aromatic rings. The lowest BCUT2D eigenvalue weighted by atomic mass is 10.1. The molecule has 2 heterocycles. The van der Waals surface area contributed by atoms with Crippen LogP contribution in [-0.4, -0.2) is 14.6 Å². The summed E-state index contributed by atoms with van der Waals surface area (Å²) in [5.41, 5.74) is 1.77. The molecule has 0 atom stereocenters. The van der Waals surface area contributed by atoms with E-state index in [2.05, 4.69) is 17.0 Å². The second kappa shape index (κ2) is 5.21. The van der Waals surface area contributed by atoms with Gasteiger partial charge in [0.1, 0.15) is 5.69 Å². The Morgan fingerprint density at radius 1 is 1.24 bits per heavy atom. The van der Waals surface area contributed by atoms with Crippen LogP contribution in [0.3, 0.4) is 0 Å². The second-order valence-corrected chi connectivity index (χ2v) is 5.72. The second-order valence-electron chi connectivity index (χ2n) is 4.71. The molecule has 0 radical (unpaired) electrons. The number of rotatable bonds is 2. The number of nitrogens with zero attached hydrogens (tertiary/aromatic N) is 3. The van der Waals surface area contributed by atoms with Crippen molar-refractivity contribution in [2.24, 2.45) is 0 Å². The highest BCUT2D eigenvalue weighted by molar-refractivity contribution is 7.15. The van der Waals surface area contributed by atoms with Crippen LogP contribution in [0.5, 0.6) is 0 Å². The van der Waals surface area contributed by atoms with Gasteiger partial charge in [0.25, 0.3) is 11.1 Å². The molecule has 0 spiro atoms. The van der Waals surface area contributed by atoms with Gasteiger partial charge in [0, 0.05) is 0 Å². The first-order chi connectivity index (χ1) is 10.1. The molecular weight excluding hydrogens is 286 g/mol. The summed E-state index contributed by atoms with van der Waals surface area (Å²) in [6.45, 7) is 3.64. The molecular formula is C15H13N3O2S. The number of thiazole rings is 1. The average Bonchev–Trinajstić information content (AvgIpc) is 2.77. The Balaban J connectivity index is 2.19. The third kappa shape index (κ3) is 2.50. The van der Waals surface area contributed by atoms with Gasteiger partial charge in [0.05, 0.1) is 4.53 Å². The molecule has 0 fully saturated rings. The van der Waals surface area contributed by atoms with Crippen LogP contribution in [0.4, 0.5) is 0 Å². The van der Waals surface area contributed by atoms with Gasteiger partial charge in [-0.2, -0.15) is 14.6 Å². The summed E-state index contributed by atoms with van der Waals surface area (Å²) in [6.07, 6.45) is 2.77. The molecule has 5 nitrogen and oxygen atoms in total. The van der Waals surface area contributed by atoms with E-state index in [1.807, 2.05) is 24.3 Å². The van der Waals surface area contributed by atoms with E-state index in [-0.39, 0.29) is 11.3 Å². The Morgan fingerprint density at radius 3 is 2.62 bits per heavy atom. The predicted molar refractivity (Wildman–Crippen MR) is 82.7 cm³/mol. The predicted octanol–water partition coefficient (Wildman–Crippen LogP) is 0.930. The number of benzene rings is 1. The zero-order valence-electron chi connectivity index (χ0n) is 11.7. The summed E-state index contributed by atoms with van der Waals surface area (Å²) in [6, 6.07) is 8.01. The Bertz CT molecular complexity index is 971. The van der Waals surface area contributed by atoms with Gasteiger partial charge in [-0.25, -0.2) is 0 Å². The summed E-state index contributed by atoms with van der Waals surface area (Å²) in [7, 11) is 0. The summed E-state index contributed by atoms with van der Waals surface area (Å²) < 4.78 is 1.71. The van der Waals surface area contributed by atoms with Gasteiger partial charge in [0.15, 0.2) is 0 Å². The molecule has 0 bridgehead atoms. The number of hydrogen-bond acceptors (Lipinski definition) is 5. The Morgan fingerprint density at radius 2 is 1.95 bits per heavy atom. The Labute approximate surface area is 124 Å². The smallest absolute Gasteiger partial charge is 0.266 e. The van der Waals surface area contributed by atoms with Crippen molar-refractivity contribution in [1.29, 1.82) is 0 Å².